The molecule has 0 heterocycles. The van der Waals surface area contributed by atoms with Gasteiger partial charge in [-0.05, 0) is 25.7 Å². The van der Waals surface area contributed by atoms with Crippen molar-refractivity contribution in [3.63, 3.8) is 0 Å². The molecule has 0 bridgehead atoms. The van der Waals surface area contributed by atoms with E-state index in [1.54, 1.807) is 0 Å². The summed E-state index contributed by atoms with van der Waals surface area (Å²) in [6, 6.07) is -8.38. The highest BCUT2D eigenvalue weighted by molar-refractivity contribution is 6.04. The van der Waals surface area contributed by atoms with E-state index in [9.17, 15) is 98.2 Å². The maximum Gasteiger partial charge on any atom is 0.460 e. The molecule has 0 spiro atoms. The van der Waals surface area contributed by atoms with Crippen molar-refractivity contribution in [2.24, 2.45) is 0 Å². The molecular formula is C20H14F18O6. The third-order valence-corrected chi connectivity index (χ3v) is 4.83. The number of aliphatic carboxylic acids is 2. The van der Waals surface area contributed by atoms with Crippen LogP contribution in [0.25, 0.3) is 0 Å². The molecule has 2 unspecified atom stereocenters. The first kappa shape index (κ1) is 42.6. The van der Waals surface area contributed by atoms with Crippen molar-refractivity contribution < 1.29 is 108 Å². The lowest BCUT2D eigenvalue weighted by molar-refractivity contribution is -0.372. The SMILES string of the molecule is C1=CCCC=CCC1.O=C(O)C(F)(C(=O)F)C(F)(F)C(F)(F)C(F)(F)F.O=C(O)C(F)(C(=O)F)C(F)(F)C(F)(F)C(F)(F)F. The van der Waals surface area contributed by atoms with Crippen LogP contribution in [-0.4, -0.2) is 81.6 Å². The Bertz CT molecular complexity index is 980. The van der Waals surface area contributed by atoms with Crippen LogP contribution in [0.2, 0.25) is 0 Å². The molecule has 1 aliphatic carbocycles. The quantitative estimate of drug-likeness (QED) is 0.124. The first-order chi connectivity index (χ1) is 19.3. The smallest absolute Gasteiger partial charge is 0.460 e. The fourth-order valence-electron chi connectivity index (χ4n) is 2.33. The van der Waals surface area contributed by atoms with Gasteiger partial charge in [0.15, 0.2) is 0 Å². The number of carbonyl (C=O) groups excluding carboxylic acids is 2. The summed E-state index contributed by atoms with van der Waals surface area (Å²) in [4.78, 5) is 39.2. The van der Waals surface area contributed by atoms with Crippen molar-refractivity contribution in [3.8, 4) is 0 Å². The Morgan fingerprint density at radius 3 is 0.705 bits per heavy atom. The van der Waals surface area contributed by atoms with Gasteiger partial charge in [-0.25, -0.2) is 18.4 Å². The maximum atomic E-state index is 12.8. The van der Waals surface area contributed by atoms with E-state index in [2.05, 4.69) is 24.3 Å². The number of carboxylic acids is 2. The molecule has 0 aliphatic heterocycles. The minimum atomic E-state index is -7.27. The van der Waals surface area contributed by atoms with Gasteiger partial charge in [0.25, 0.3) is 0 Å². The minimum Gasteiger partial charge on any atom is -0.478 e. The molecule has 0 fully saturated rings. The van der Waals surface area contributed by atoms with E-state index in [1.165, 1.54) is 25.7 Å². The lowest BCUT2D eigenvalue weighted by atomic mass is 9.92. The topological polar surface area (TPSA) is 109 Å². The number of hydrogen-bond donors (Lipinski definition) is 2. The van der Waals surface area contributed by atoms with Crippen LogP contribution in [-0.2, 0) is 19.2 Å². The molecule has 0 aromatic rings. The van der Waals surface area contributed by atoms with Crippen LogP contribution < -0.4 is 0 Å². The molecule has 0 saturated carbocycles. The highest BCUT2D eigenvalue weighted by Gasteiger charge is 2.86. The predicted molar refractivity (Wildman–Crippen MR) is 104 cm³/mol. The van der Waals surface area contributed by atoms with E-state index in [4.69, 9.17) is 10.2 Å². The fourth-order valence-corrected chi connectivity index (χ4v) is 2.33. The number of halogens is 18. The molecule has 256 valence electrons. The van der Waals surface area contributed by atoms with Crippen molar-refractivity contribution in [3.05, 3.63) is 24.3 Å². The molecule has 0 amide bonds. The molecule has 0 saturated heterocycles. The monoisotopic (exact) mass is 692 g/mol. The first-order valence-corrected chi connectivity index (χ1v) is 10.5. The molecule has 0 radical (unpaired) electrons. The predicted octanol–water partition coefficient (Wildman–Crippen LogP) is 6.89. The number of alkyl halides is 16. The Morgan fingerprint density at radius 2 is 0.591 bits per heavy atom. The summed E-state index contributed by atoms with van der Waals surface area (Å²) >= 11 is 0. The van der Waals surface area contributed by atoms with Crippen LogP contribution in [0.5, 0.6) is 0 Å². The molecule has 2 N–H and O–H groups in total. The van der Waals surface area contributed by atoms with Gasteiger partial charge in [-0.1, -0.05) is 24.3 Å². The molecule has 44 heavy (non-hydrogen) atoms. The second-order valence-corrected chi connectivity index (χ2v) is 7.87. The number of allylic oxidation sites excluding steroid dienone is 4. The molecule has 6 nitrogen and oxygen atoms in total. The summed E-state index contributed by atoms with van der Waals surface area (Å²) in [5.41, 5.74) is -12.7. The minimum absolute atomic E-state index is 1.23. The maximum absolute atomic E-state index is 12.8. The van der Waals surface area contributed by atoms with Crippen molar-refractivity contribution in [2.45, 2.75) is 73.1 Å². The van der Waals surface area contributed by atoms with E-state index in [-0.39, 0.29) is 0 Å². The zero-order valence-electron chi connectivity index (χ0n) is 20.5. The third-order valence-electron chi connectivity index (χ3n) is 4.83. The van der Waals surface area contributed by atoms with Gasteiger partial charge in [0.2, 0.25) is 0 Å². The van der Waals surface area contributed by atoms with Crippen LogP contribution in [0.15, 0.2) is 24.3 Å². The number of hydrogen-bond acceptors (Lipinski definition) is 4. The Balaban J connectivity index is 0. The molecule has 0 aromatic heterocycles. The van der Waals surface area contributed by atoms with Gasteiger partial charge in [-0.2, -0.15) is 70.2 Å². The van der Waals surface area contributed by atoms with Crippen LogP contribution >= 0.6 is 0 Å². The lowest BCUT2D eigenvalue weighted by Gasteiger charge is -2.33. The fraction of sp³-hybridized carbons (Fsp3) is 0.600. The molecule has 1 rings (SSSR count). The standard InChI is InChI=1S/C8H12.2C6HF9O3/c1-2-4-6-8-7-5-3-1;2*7-1(16)3(8,2(17)18)4(9,10)5(11,12)6(13,14)15/h1-2,7-8H,3-6H2;2*(H,17,18). The first-order valence-electron chi connectivity index (χ1n) is 10.5. The van der Waals surface area contributed by atoms with E-state index >= 15 is 0 Å². The second-order valence-electron chi connectivity index (χ2n) is 7.87. The summed E-state index contributed by atoms with van der Waals surface area (Å²) in [6.45, 7) is 0. The Hall–Kier alpha value is -3.50. The van der Waals surface area contributed by atoms with Crippen LogP contribution in [0.3, 0.4) is 0 Å². The second kappa shape index (κ2) is 14.1. The molecule has 2 atom stereocenters. The van der Waals surface area contributed by atoms with Crippen molar-refractivity contribution in [1.82, 2.24) is 0 Å². The highest BCUT2D eigenvalue weighted by atomic mass is 19.4. The third kappa shape index (κ3) is 7.95. The molecular weight excluding hydrogens is 678 g/mol. The Kier molecular flexibility index (Phi) is 13.6. The van der Waals surface area contributed by atoms with Crippen molar-refractivity contribution >= 4 is 24.0 Å². The molecule has 1 aliphatic rings. The highest BCUT2D eigenvalue weighted by Crippen LogP contribution is 2.54. The van der Waals surface area contributed by atoms with Crippen LogP contribution in [0.1, 0.15) is 25.7 Å². The summed E-state index contributed by atoms with van der Waals surface area (Å²) < 4.78 is 218. The van der Waals surface area contributed by atoms with E-state index < -0.39 is 71.4 Å². The van der Waals surface area contributed by atoms with Gasteiger partial charge in [0, 0.05) is 0 Å². The normalized spacial score (nSPS) is 17.7. The summed E-state index contributed by atoms with van der Waals surface area (Å²) in [5, 5.41) is 15.5. The zero-order chi connectivity index (χ0) is 36.0. The van der Waals surface area contributed by atoms with Crippen LogP contribution in [0, 0.1) is 0 Å². The van der Waals surface area contributed by atoms with Gasteiger partial charge in [0.05, 0.1) is 0 Å². The number of rotatable bonds is 8. The van der Waals surface area contributed by atoms with Gasteiger partial charge in [-0.15, -0.1) is 0 Å². The summed E-state index contributed by atoms with van der Waals surface area (Å²) in [6.07, 6.45) is -0.197. The Labute approximate surface area is 231 Å². The van der Waals surface area contributed by atoms with E-state index in [0.717, 1.165) is 0 Å². The molecule has 0 aromatic carbocycles. The number of carboxylic acid groups (broad SMARTS) is 2. The van der Waals surface area contributed by atoms with Gasteiger partial charge < -0.3 is 10.2 Å². The van der Waals surface area contributed by atoms with Gasteiger partial charge in [0.1, 0.15) is 0 Å². The summed E-state index contributed by atoms with van der Waals surface area (Å²) in [5.74, 6) is -36.5. The van der Waals surface area contributed by atoms with E-state index in [0.29, 0.717) is 0 Å². The van der Waals surface area contributed by atoms with E-state index in [1.807, 2.05) is 0 Å². The largest absolute Gasteiger partial charge is 0.478 e. The van der Waals surface area contributed by atoms with Gasteiger partial charge >= 0.3 is 71.4 Å². The lowest BCUT2D eigenvalue weighted by Crippen LogP contribution is -2.67. The van der Waals surface area contributed by atoms with Gasteiger partial charge in [-0.3, -0.25) is 9.59 Å². The Morgan fingerprint density at radius 1 is 0.409 bits per heavy atom. The number of carbonyl (C=O) groups is 4. The average molecular weight is 692 g/mol. The van der Waals surface area contributed by atoms with Crippen molar-refractivity contribution in [2.75, 3.05) is 0 Å². The summed E-state index contributed by atoms with van der Waals surface area (Å²) in [7, 11) is 0. The zero-order valence-corrected chi connectivity index (χ0v) is 20.5. The average Bonchev–Trinajstić information content (AvgIpc) is 2.80. The molecule has 24 heteroatoms. The van der Waals surface area contributed by atoms with Crippen molar-refractivity contribution in [1.29, 1.82) is 0 Å². The van der Waals surface area contributed by atoms with Crippen LogP contribution in [0.4, 0.5) is 79.0 Å².